The van der Waals surface area contributed by atoms with Crippen molar-refractivity contribution in [1.82, 2.24) is 10.2 Å². The van der Waals surface area contributed by atoms with Crippen molar-refractivity contribution in [3.63, 3.8) is 0 Å². The van der Waals surface area contributed by atoms with Crippen molar-refractivity contribution in [2.75, 3.05) is 18.7 Å². The number of carbonyl (C=O) groups excluding carboxylic acids is 1. The highest BCUT2D eigenvalue weighted by Gasteiger charge is 2.38. The molecule has 0 bridgehead atoms. The molecular weight excluding hydrogens is 497 g/mol. The van der Waals surface area contributed by atoms with Gasteiger partial charge in [-0.2, -0.15) is 13.2 Å². The first-order valence-corrected chi connectivity index (χ1v) is 11.8. The third-order valence-electron chi connectivity index (χ3n) is 4.55. The molecule has 180 valence electrons. The van der Waals surface area contributed by atoms with Crippen LogP contribution < -0.4 is 14.8 Å². The third kappa shape index (κ3) is 5.57. The number of rotatable bonds is 6. The number of nitrogens with one attached hydrogen (secondary N) is 2. The number of methoxy groups -OCH3 is 1. The van der Waals surface area contributed by atoms with Crippen LogP contribution >= 0.6 is 11.6 Å². The van der Waals surface area contributed by atoms with Gasteiger partial charge in [-0.1, -0.05) is 17.7 Å². The monoisotopic (exact) mass is 514 g/mol. The topological polar surface area (TPSA) is 114 Å². The minimum Gasteiger partial charge on any atom is -0.493 e. The molecule has 0 saturated heterocycles. The molecule has 1 amide bonds. The number of amides is 1. The number of carbonyl (C=O) groups is 1. The van der Waals surface area contributed by atoms with Gasteiger partial charge in [0, 0.05) is 27.9 Å². The van der Waals surface area contributed by atoms with Crippen LogP contribution in [-0.4, -0.2) is 33.7 Å². The van der Waals surface area contributed by atoms with Gasteiger partial charge in [0.2, 0.25) is 0 Å². The molecule has 34 heavy (non-hydrogen) atoms. The number of hydrogen-bond donors (Lipinski definition) is 2. The standard InChI is InChI=1S/C21H18ClF3N4O4S/c1-11-17(19(30)27-13-5-4-6-14(10-13)34(3,26)31)20(29-28-18(11)21(23,24)25)33-15-8-7-12(22)9-16(15)32-2/h4-10,26H,1-3H3,(H,27,30)/t34-/m1/s1. The van der Waals surface area contributed by atoms with Crippen molar-refractivity contribution in [3.8, 4) is 17.4 Å². The summed E-state index contributed by atoms with van der Waals surface area (Å²) in [5.74, 6) is -1.29. The van der Waals surface area contributed by atoms with Crippen molar-refractivity contribution >= 4 is 32.9 Å². The molecule has 13 heteroatoms. The maximum atomic E-state index is 13.5. The van der Waals surface area contributed by atoms with E-state index in [4.69, 9.17) is 25.9 Å². The predicted octanol–water partition coefficient (Wildman–Crippen LogP) is 5.55. The Morgan fingerprint density at radius 3 is 2.47 bits per heavy atom. The fraction of sp³-hybridized carbons (Fsp3) is 0.190. The zero-order chi connectivity index (χ0) is 25.3. The Balaban J connectivity index is 2.09. The zero-order valence-electron chi connectivity index (χ0n) is 18.0. The number of hydrogen-bond acceptors (Lipinski definition) is 7. The van der Waals surface area contributed by atoms with Crippen LogP contribution in [0.1, 0.15) is 21.6 Å². The number of nitrogens with zero attached hydrogens (tertiary/aromatic N) is 2. The molecule has 1 aromatic heterocycles. The normalized spacial score (nSPS) is 13.1. The van der Waals surface area contributed by atoms with E-state index in [-0.39, 0.29) is 22.1 Å². The van der Waals surface area contributed by atoms with Gasteiger partial charge >= 0.3 is 6.18 Å². The van der Waals surface area contributed by atoms with Crippen LogP contribution in [0.25, 0.3) is 0 Å². The second-order valence-electron chi connectivity index (χ2n) is 7.07. The van der Waals surface area contributed by atoms with Crippen molar-refractivity contribution in [1.29, 1.82) is 4.78 Å². The minimum absolute atomic E-state index is 0.0383. The van der Waals surface area contributed by atoms with Crippen molar-refractivity contribution in [2.24, 2.45) is 0 Å². The van der Waals surface area contributed by atoms with Gasteiger partial charge in [0.1, 0.15) is 5.56 Å². The molecule has 2 aromatic carbocycles. The van der Waals surface area contributed by atoms with Crippen LogP contribution in [0, 0.1) is 11.7 Å². The van der Waals surface area contributed by atoms with Gasteiger partial charge in [0.25, 0.3) is 11.8 Å². The number of anilines is 1. The maximum Gasteiger partial charge on any atom is 0.435 e. The molecule has 3 rings (SSSR count). The van der Waals surface area contributed by atoms with E-state index in [0.717, 1.165) is 6.92 Å². The van der Waals surface area contributed by atoms with E-state index in [1.54, 1.807) is 0 Å². The molecular formula is C21H18ClF3N4O4S. The van der Waals surface area contributed by atoms with Crippen molar-refractivity contribution in [2.45, 2.75) is 18.0 Å². The molecule has 0 aliphatic rings. The van der Waals surface area contributed by atoms with E-state index < -0.39 is 44.5 Å². The summed E-state index contributed by atoms with van der Waals surface area (Å²) in [6.07, 6.45) is -3.67. The summed E-state index contributed by atoms with van der Waals surface area (Å²) in [6.45, 7) is 1.07. The summed E-state index contributed by atoms with van der Waals surface area (Å²) in [4.78, 5) is 13.2. The van der Waals surface area contributed by atoms with Gasteiger partial charge in [-0.25, -0.2) is 8.99 Å². The lowest BCUT2D eigenvalue weighted by atomic mass is 10.1. The van der Waals surface area contributed by atoms with Gasteiger partial charge in [0.15, 0.2) is 17.2 Å². The largest absolute Gasteiger partial charge is 0.493 e. The number of halogens is 4. The number of alkyl halides is 3. The van der Waals surface area contributed by atoms with Crippen LogP contribution in [-0.2, 0) is 15.9 Å². The molecule has 1 heterocycles. The van der Waals surface area contributed by atoms with E-state index in [9.17, 15) is 22.2 Å². The van der Waals surface area contributed by atoms with Crippen LogP contribution in [0.15, 0.2) is 47.4 Å². The van der Waals surface area contributed by atoms with Crippen LogP contribution in [0.5, 0.6) is 17.4 Å². The molecule has 3 aromatic rings. The molecule has 2 N–H and O–H groups in total. The summed E-state index contributed by atoms with van der Waals surface area (Å²) in [5, 5.41) is 9.46. The Kier molecular flexibility index (Phi) is 7.03. The predicted molar refractivity (Wildman–Crippen MR) is 119 cm³/mol. The lowest BCUT2D eigenvalue weighted by Crippen LogP contribution is -2.21. The lowest BCUT2D eigenvalue weighted by molar-refractivity contribution is -0.142. The van der Waals surface area contributed by atoms with Crippen molar-refractivity contribution in [3.05, 3.63) is 64.3 Å². The molecule has 0 unspecified atom stereocenters. The fourth-order valence-electron chi connectivity index (χ4n) is 2.95. The van der Waals surface area contributed by atoms with E-state index in [1.807, 2.05) is 0 Å². The minimum atomic E-state index is -4.87. The number of ether oxygens (including phenoxy) is 2. The summed E-state index contributed by atoms with van der Waals surface area (Å²) in [7, 11) is -1.76. The van der Waals surface area contributed by atoms with Gasteiger partial charge < -0.3 is 14.8 Å². The zero-order valence-corrected chi connectivity index (χ0v) is 19.6. The first-order chi connectivity index (χ1) is 15.8. The van der Waals surface area contributed by atoms with Crippen LogP contribution in [0.2, 0.25) is 5.02 Å². The molecule has 0 spiro atoms. The van der Waals surface area contributed by atoms with E-state index in [0.29, 0.717) is 5.02 Å². The Morgan fingerprint density at radius 1 is 1.15 bits per heavy atom. The summed E-state index contributed by atoms with van der Waals surface area (Å²) >= 11 is 5.92. The average Bonchev–Trinajstić information content (AvgIpc) is 2.73. The number of benzene rings is 2. The highest BCUT2D eigenvalue weighted by Crippen LogP contribution is 2.38. The number of aromatic nitrogens is 2. The summed E-state index contributed by atoms with van der Waals surface area (Å²) in [6, 6.07) is 9.89. The van der Waals surface area contributed by atoms with Gasteiger partial charge in [-0.05, 0) is 42.8 Å². The first-order valence-electron chi connectivity index (χ1n) is 9.42. The second-order valence-corrected chi connectivity index (χ2v) is 9.67. The highest BCUT2D eigenvalue weighted by molar-refractivity contribution is 7.91. The Bertz CT molecular complexity index is 1360. The molecule has 0 radical (unpaired) electrons. The Hall–Kier alpha value is -3.38. The first kappa shape index (κ1) is 25.2. The highest BCUT2D eigenvalue weighted by atomic mass is 35.5. The Labute approximate surface area is 198 Å². The average molecular weight is 515 g/mol. The van der Waals surface area contributed by atoms with Gasteiger partial charge in [-0.15, -0.1) is 10.2 Å². The van der Waals surface area contributed by atoms with E-state index >= 15 is 0 Å². The second kappa shape index (κ2) is 9.47. The smallest absolute Gasteiger partial charge is 0.435 e. The lowest BCUT2D eigenvalue weighted by Gasteiger charge is -2.17. The van der Waals surface area contributed by atoms with E-state index in [2.05, 4.69) is 15.5 Å². The van der Waals surface area contributed by atoms with Gasteiger partial charge in [-0.3, -0.25) is 4.79 Å². The molecule has 0 aliphatic heterocycles. The van der Waals surface area contributed by atoms with Gasteiger partial charge in [0.05, 0.1) is 16.8 Å². The quantitative estimate of drug-likeness (QED) is 0.446. The molecule has 0 fully saturated rings. The third-order valence-corrected chi connectivity index (χ3v) is 5.94. The SMILES string of the molecule is COc1cc(Cl)ccc1Oc1nnc(C(F)(F)F)c(C)c1C(=O)Nc1cccc([S@](C)(=N)=O)c1. The molecule has 1 atom stereocenters. The van der Waals surface area contributed by atoms with Crippen LogP contribution in [0.3, 0.4) is 0 Å². The molecule has 8 nitrogen and oxygen atoms in total. The Morgan fingerprint density at radius 2 is 1.85 bits per heavy atom. The molecule has 0 saturated carbocycles. The van der Waals surface area contributed by atoms with Crippen LogP contribution in [0.4, 0.5) is 18.9 Å². The maximum absolute atomic E-state index is 13.5. The molecule has 0 aliphatic carbocycles. The van der Waals surface area contributed by atoms with Crippen molar-refractivity contribution < 1.29 is 31.6 Å². The fourth-order valence-corrected chi connectivity index (χ4v) is 3.80. The summed E-state index contributed by atoms with van der Waals surface area (Å²) < 4.78 is 70.9. The summed E-state index contributed by atoms with van der Waals surface area (Å²) in [5.41, 5.74) is -2.28. The van der Waals surface area contributed by atoms with E-state index in [1.165, 1.54) is 55.8 Å².